The lowest BCUT2D eigenvalue weighted by Crippen LogP contribution is -2.08. The SMILES string of the molecule is Cc1ccc([S@@](=O)CCOc2ccccc2)cc1. The first-order valence-electron chi connectivity index (χ1n) is 5.88. The van der Waals surface area contributed by atoms with Crippen molar-refractivity contribution in [3.63, 3.8) is 0 Å². The fourth-order valence-electron chi connectivity index (χ4n) is 1.56. The van der Waals surface area contributed by atoms with Crippen LogP contribution in [0.5, 0.6) is 5.75 Å². The van der Waals surface area contributed by atoms with Gasteiger partial charge in [-0.2, -0.15) is 0 Å². The van der Waals surface area contributed by atoms with Crippen LogP contribution in [0.15, 0.2) is 59.5 Å². The van der Waals surface area contributed by atoms with Gasteiger partial charge in [-0.05, 0) is 31.2 Å². The van der Waals surface area contributed by atoms with Crippen molar-refractivity contribution >= 4 is 10.8 Å². The van der Waals surface area contributed by atoms with Crippen molar-refractivity contribution in [2.75, 3.05) is 12.4 Å². The number of aryl methyl sites for hydroxylation is 1. The highest BCUT2D eigenvalue weighted by Gasteiger charge is 2.03. The Morgan fingerprint density at radius 3 is 2.33 bits per heavy atom. The maximum Gasteiger partial charge on any atom is 0.119 e. The summed E-state index contributed by atoms with van der Waals surface area (Å²) in [6.45, 7) is 2.48. The predicted molar refractivity (Wildman–Crippen MR) is 74.4 cm³/mol. The van der Waals surface area contributed by atoms with Gasteiger partial charge in [-0.25, -0.2) is 0 Å². The lowest BCUT2D eigenvalue weighted by atomic mass is 10.2. The van der Waals surface area contributed by atoms with Gasteiger partial charge < -0.3 is 4.74 Å². The van der Waals surface area contributed by atoms with Gasteiger partial charge in [0.05, 0.1) is 16.6 Å². The smallest absolute Gasteiger partial charge is 0.119 e. The molecule has 0 aliphatic heterocycles. The molecule has 2 aromatic rings. The molecule has 0 spiro atoms. The van der Waals surface area contributed by atoms with Gasteiger partial charge in [0.15, 0.2) is 0 Å². The summed E-state index contributed by atoms with van der Waals surface area (Å²) in [7, 11) is -0.990. The first-order chi connectivity index (χ1) is 8.75. The van der Waals surface area contributed by atoms with Gasteiger partial charge in [-0.3, -0.25) is 4.21 Å². The number of rotatable bonds is 5. The molecule has 0 aliphatic carbocycles. The van der Waals surface area contributed by atoms with Crippen molar-refractivity contribution in [3.8, 4) is 5.75 Å². The van der Waals surface area contributed by atoms with Gasteiger partial charge in [0, 0.05) is 4.90 Å². The molecule has 0 N–H and O–H groups in total. The molecule has 18 heavy (non-hydrogen) atoms. The number of para-hydroxylation sites is 1. The molecule has 0 aromatic heterocycles. The second kappa shape index (κ2) is 6.36. The molecule has 0 bridgehead atoms. The Hall–Kier alpha value is -1.61. The van der Waals surface area contributed by atoms with Gasteiger partial charge >= 0.3 is 0 Å². The minimum absolute atomic E-state index is 0.463. The van der Waals surface area contributed by atoms with Crippen LogP contribution in [-0.4, -0.2) is 16.6 Å². The van der Waals surface area contributed by atoms with Gasteiger partial charge in [0.2, 0.25) is 0 Å². The molecule has 0 aliphatic rings. The van der Waals surface area contributed by atoms with Gasteiger partial charge in [0.25, 0.3) is 0 Å². The standard InChI is InChI=1S/C15H16O2S/c1-13-7-9-15(10-8-13)18(16)12-11-17-14-5-3-2-4-6-14/h2-10H,11-12H2,1H3/t18-/m0/s1. The lowest BCUT2D eigenvalue weighted by molar-refractivity contribution is 0.342. The zero-order valence-electron chi connectivity index (χ0n) is 10.3. The molecule has 0 unspecified atom stereocenters. The van der Waals surface area contributed by atoms with Crippen LogP contribution >= 0.6 is 0 Å². The molecule has 0 heterocycles. The van der Waals surface area contributed by atoms with Crippen LogP contribution in [0, 0.1) is 6.92 Å². The third-order valence-electron chi connectivity index (χ3n) is 2.56. The summed E-state index contributed by atoms with van der Waals surface area (Å²) in [6.07, 6.45) is 0. The van der Waals surface area contributed by atoms with Crippen LogP contribution in [0.3, 0.4) is 0 Å². The average Bonchev–Trinajstić information content (AvgIpc) is 2.40. The van der Waals surface area contributed by atoms with Crippen molar-refractivity contribution < 1.29 is 8.95 Å². The molecular formula is C15H16O2S. The molecule has 94 valence electrons. The van der Waals surface area contributed by atoms with Crippen LogP contribution < -0.4 is 4.74 Å². The summed E-state index contributed by atoms with van der Waals surface area (Å²) in [5, 5.41) is 0. The predicted octanol–water partition coefficient (Wildman–Crippen LogP) is 3.18. The second-order valence-corrected chi connectivity index (χ2v) is 5.59. The third-order valence-corrected chi connectivity index (χ3v) is 3.90. The molecule has 0 amide bonds. The largest absolute Gasteiger partial charge is 0.493 e. The van der Waals surface area contributed by atoms with Crippen LogP contribution in [0.25, 0.3) is 0 Å². The quantitative estimate of drug-likeness (QED) is 0.825. The molecule has 1 atom stereocenters. The molecule has 3 heteroatoms. The molecule has 0 saturated carbocycles. The van der Waals surface area contributed by atoms with Crippen LogP contribution in [0.4, 0.5) is 0 Å². The van der Waals surface area contributed by atoms with E-state index in [0.717, 1.165) is 10.6 Å². The fraction of sp³-hybridized carbons (Fsp3) is 0.200. The molecule has 0 saturated heterocycles. The van der Waals surface area contributed by atoms with Gasteiger partial charge in [-0.1, -0.05) is 35.9 Å². The third kappa shape index (κ3) is 3.70. The first kappa shape index (κ1) is 12.8. The summed E-state index contributed by atoms with van der Waals surface area (Å²) >= 11 is 0. The topological polar surface area (TPSA) is 26.3 Å². The van der Waals surface area contributed by atoms with Crippen molar-refractivity contribution in [2.45, 2.75) is 11.8 Å². The Bertz CT molecular complexity index is 506. The van der Waals surface area contributed by atoms with E-state index in [9.17, 15) is 4.21 Å². The molecular weight excluding hydrogens is 244 g/mol. The van der Waals surface area contributed by atoms with Gasteiger partial charge in [-0.15, -0.1) is 0 Å². The Morgan fingerprint density at radius 1 is 1.00 bits per heavy atom. The highest BCUT2D eigenvalue weighted by atomic mass is 32.2. The molecule has 2 aromatic carbocycles. The van der Waals surface area contributed by atoms with E-state index in [1.54, 1.807) is 0 Å². The highest BCUT2D eigenvalue weighted by Crippen LogP contribution is 2.10. The monoisotopic (exact) mass is 260 g/mol. The van der Waals surface area contributed by atoms with E-state index in [0.29, 0.717) is 12.4 Å². The second-order valence-electron chi connectivity index (χ2n) is 4.02. The zero-order chi connectivity index (χ0) is 12.8. The minimum Gasteiger partial charge on any atom is -0.493 e. The van der Waals surface area contributed by atoms with E-state index in [1.165, 1.54) is 5.56 Å². The lowest BCUT2D eigenvalue weighted by Gasteiger charge is -2.06. The molecule has 0 fully saturated rings. The van der Waals surface area contributed by atoms with E-state index in [-0.39, 0.29) is 0 Å². The summed E-state index contributed by atoms with van der Waals surface area (Å²) < 4.78 is 17.5. The number of benzene rings is 2. The van der Waals surface area contributed by atoms with E-state index in [1.807, 2.05) is 61.5 Å². The summed E-state index contributed by atoms with van der Waals surface area (Å²) in [5.41, 5.74) is 1.18. The van der Waals surface area contributed by atoms with Gasteiger partial charge in [0.1, 0.15) is 12.4 Å². The molecule has 2 nitrogen and oxygen atoms in total. The van der Waals surface area contributed by atoms with E-state index in [2.05, 4.69) is 0 Å². The number of hydrogen-bond acceptors (Lipinski definition) is 2. The molecule has 0 radical (unpaired) electrons. The van der Waals surface area contributed by atoms with Crippen LogP contribution in [-0.2, 0) is 10.8 Å². The summed E-state index contributed by atoms with van der Waals surface area (Å²) in [4.78, 5) is 0.859. The van der Waals surface area contributed by atoms with E-state index in [4.69, 9.17) is 4.74 Å². The van der Waals surface area contributed by atoms with Crippen molar-refractivity contribution in [3.05, 3.63) is 60.2 Å². The number of hydrogen-bond donors (Lipinski definition) is 0. The van der Waals surface area contributed by atoms with Crippen LogP contribution in [0.2, 0.25) is 0 Å². The van der Waals surface area contributed by atoms with Crippen LogP contribution in [0.1, 0.15) is 5.56 Å². The van der Waals surface area contributed by atoms with Crippen molar-refractivity contribution in [2.24, 2.45) is 0 Å². The fourth-order valence-corrected chi connectivity index (χ4v) is 2.47. The summed E-state index contributed by atoms with van der Waals surface area (Å²) in [6, 6.07) is 17.4. The zero-order valence-corrected chi connectivity index (χ0v) is 11.2. The minimum atomic E-state index is -0.990. The Morgan fingerprint density at radius 2 is 1.67 bits per heavy atom. The Kier molecular flexibility index (Phi) is 4.53. The Labute approximate surface area is 110 Å². The van der Waals surface area contributed by atoms with Crippen molar-refractivity contribution in [1.82, 2.24) is 0 Å². The highest BCUT2D eigenvalue weighted by molar-refractivity contribution is 7.85. The molecule has 2 rings (SSSR count). The average molecular weight is 260 g/mol. The van der Waals surface area contributed by atoms with Crippen molar-refractivity contribution in [1.29, 1.82) is 0 Å². The summed E-state index contributed by atoms with van der Waals surface area (Å²) in [5.74, 6) is 1.33. The normalized spacial score (nSPS) is 12.1. The van der Waals surface area contributed by atoms with E-state index < -0.39 is 10.8 Å². The van der Waals surface area contributed by atoms with E-state index >= 15 is 0 Å². The Balaban J connectivity index is 1.84. The maximum atomic E-state index is 12.0. The first-order valence-corrected chi connectivity index (χ1v) is 7.20. The number of ether oxygens (including phenoxy) is 1. The maximum absolute atomic E-state index is 12.0.